The Morgan fingerprint density at radius 3 is 2.69 bits per heavy atom. The first-order valence-electron chi connectivity index (χ1n) is 12.1. The molecule has 0 bridgehead atoms. The fourth-order valence-corrected chi connectivity index (χ4v) is 4.21. The summed E-state index contributed by atoms with van der Waals surface area (Å²) in [7, 11) is 1.80. The van der Waals surface area contributed by atoms with E-state index in [1.54, 1.807) is 24.1 Å². The van der Waals surface area contributed by atoms with Crippen molar-refractivity contribution in [2.45, 2.75) is 52.4 Å². The number of aromatic nitrogens is 4. The molecule has 0 radical (unpaired) electrons. The van der Waals surface area contributed by atoms with Gasteiger partial charge in [-0.15, -0.1) is 0 Å². The van der Waals surface area contributed by atoms with Crippen LogP contribution in [0.15, 0.2) is 42.7 Å². The van der Waals surface area contributed by atoms with Crippen LogP contribution in [0, 0.1) is 12.8 Å². The topological polar surface area (TPSA) is 117 Å². The Morgan fingerprint density at radius 2 is 1.94 bits per heavy atom. The van der Waals surface area contributed by atoms with Gasteiger partial charge in [-0.3, -0.25) is 9.48 Å². The zero-order chi connectivity index (χ0) is 25.5. The molecule has 190 valence electrons. The first-order valence-corrected chi connectivity index (χ1v) is 12.1. The van der Waals surface area contributed by atoms with Crippen molar-refractivity contribution in [3.05, 3.63) is 59.7 Å². The number of amides is 1. The molecule has 1 aliphatic carbocycles. The van der Waals surface area contributed by atoms with E-state index in [-0.39, 0.29) is 31.1 Å². The fourth-order valence-electron chi connectivity index (χ4n) is 4.21. The predicted molar refractivity (Wildman–Crippen MR) is 131 cm³/mol. The Kier molecular flexibility index (Phi) is 8.14. The maximum absolute atomic E-state index is 12.2. The van der Waals surface area contributed by atoms with Gasteiger partial charge in [-0.05, 0) is 38.7 Å². The van der Waals surface area contributed by atoms with E-state index in [4.69, 9.17) is 14.2 Å². The highest BCUT2D eigenvalue weighted by Crippen LogP contribution is 2.31. The molecule has 10 nitrogen and oxygen atoms in total. The molecule has 1 amide bonds. The molecule has 2 heterocycles. The Balaban J connectivity index is 1.36. The van der Waals surface area contributed by atoms with Crippen LogP contribution < -0.4 is 10.1 Å². The third-order valence-corrected chi connectivity index (χ3v) is 6.13. The second-order valence-corrected chi connectivity index (χ2v) is 8.69. The van der Waals surface area contributed by atoms with Crippen molar-refractivity contribution in [1.29, 1.82) is 0 Å². The molecule has 0 saturated heterocycles. The van der Waals surface area contributed by atoms with Gasteiger partial charge in [0.15, 0.2) is 0 Å². The van der Waals surface area contributed by atoms with Gasteiger partial charge in [0.25, 0.3) is 0 Å². The van der Waals surface area contributed by atoms with Gasteiger partial charge >= 0.3 is 12.1 Å². The van der Waals surface area contributed by atoms with Gasteiger partial charge in [0, 0.05) is 12.6 Å². The summed E-state index contributed by atoms with van der Waals surface area (Å²) >= 11 is 0. The number of alkyl carbamates (subject to hydrolysis) is 1. The van der Waals surface area contributed by atoms with Crippen molar-refractivity contribution in [2.24, 2.45) is 13.0 Å². The summed E-state index contributed by atoms with van der Waals surface area (Å²) in [6.07, 6.45) is 4.83. The molecule has 4 rings (SSSR count). The van der Waals surface area contributed by atoms with E-state index in [0.717, 1.165) is 29.7 Å². The van der Waals surface area contributed by atoms with E-state index >= 15 is 0 Å². The summed E-state index contributed by atoms with van der Waals surface area (Å²) in [5, 5.41) is 7.09. The van der Waals surface area contributed by atoms with Crippen molar-refractivity contribution in [2.75, 3.05) is 6.61 Å². The van der Waals surface area contributed by atoms with E-state index in [2.05, 4.69) is 20.4 Å². The SMILES string of the molecule is CCOC(=O)C1CCC(Oc2ncc(-c3cnn(C)c3CNC(=O)OCc3ccccc3)nc2C)C1. The van der Waals surface area contributed by atoms with Crippen LogP contribution >= 0.6 is 0 Å². The van der Waals surface area contributed by atoms with E-state index in [0.29, 0.717) is 30.3 Å². The number of carbonyl (C=O) groups is 2. The summed E-state index contributed by atoms with van der Waals surface area (Å²) in [4.78, 5) is 33.3. The standard InChI is InChI=1S/C26H31N5O5/c1-4-34-25(32)19-10-11-20(12-19)36-24-17(2)30-22(14-27-24)21-13-29-31(3)23(21)15-28-26(33)35-16-18-8-6-5-7-9-18/h5-9,13-14,19-20H,4,10-12,15-16H2,1-3H3,(H,28,33). The average molecular weight is 494 g/mol. The summed E-state index contributed by atoms with van der Waals surface area (Å²) in [6, 6.07) is 9.49. The minimum atomic E-state index is -0.519. The van der Waals surface area contributed by atoms with Gasteiger partial charge < -0.3 is 19.5 Å². The van der Waals surface area contributed by atoms with Gasteiger partial charge in [-0.2, -0.15) is 5.10 Å². The molecule has 0 aliphatic heterocycles. The first kappa shape index (κ1) is 25.2. The van der Waals surface area contributed by atoms with Crippen LogP contribution in [0.5, 0.6) is 5.88 Å². The second-order valence-electron chi connectivity index (χ2n) is 8.69. The van der Waals surface area contributed by atoms with E-state index in [1.165, 1.54) is 0 Å². The lowest BCUT2D eigenvalue weighted by atomic mass is 10.1. The number of carbonyl (C=O) groups excluding carboxylic acids is 2. The molecule has 10 heteroatoms. The number of nitrogens with zero attached hydrogens (tertiary/aromatic N) is 4. The van der Waals surface area contributed by atoms with Crippen molar-refractivity contribution in [3.8, 4) is 17.1 Å². The minimum absolute atomic E-state index is 0.0988. The summed E-state index contributed by atoms with van der Waals surface area (Å²) in [5.74, 6) is 0.150. The van der Waals surface area contributed by atoms with Crippen LogP contribution in [0.1, 0.15) is 43.1 Å². The third-order valence-electron chi connectivity index (χ3n) is 6.13. The number of benzene rings is 1. The Labute approximate surface area is 210 Å². The lowest BCUT2D eigenvalue weighted by Crippen LogP contribution is -2.25. The van der Waals surface area contributed by atoms with E-state index in [9.17, 15) is 9.59 Å². The number of hydrogen-bond donors (Lipinski definition) is 1. The largest absolute Gasteiger partial charge is 0.473 e. The Hall–Kier alpha value is -3.95. The number of hydrogen-bond acceptors (Lipinski definition) is 8. The second kappa shape index (κ2) is 11.7. The highest BCUT2D eigenvalue weighted by molar-refractivity contribution is 5.72. The smallest absolute Gasteiger partial charge is 0.407 e. The van der Waals surface area contributed by atoms with Crippen LogP contribution in [-0.2, 0) is 34.5 Å². The predicted octanol–water partition coefficient (Wildman–Crippen LogP) is 3.72. The molecule has 2 aromatic heterocycles. The number of aryl methyl sites for hydroxylation is 2. The maximum atomic E-state index is 12.2. The van der Waals surface area contributed by atoms with Crippen LogP contribution in [0.4, 0.5) is 4.79 Å². The normalized spacial score (nSPS) is 17.0. The number of rotatable bonds is 9. The summed E-state index contributed by atoms with van der Waals surface area (Å²) in [6.45, 7) is 4.43. The zero-order valence-electron chi connectivity index (χ0n) is 20.8. The van der Waals surface area contributed by atoms with Gasteiger partial charge in [0.1, 0.15) is 18.4 Å². The molecule has 1 N–H and O–H groups in total. The summed E-state index contributed by atoms with van der Waals surface area (Å²) < 4.78 is 18.2. The molecule has 1 saturated carbocycles. The lowest BCUT2D eigenvalue weighted by Gasteiger charge is -2.15. The van der Waals surface area contributed by atoms with Gasteiger partial charge in [-0.25, -0.2) is 14.8 Å². The molecule has 1 aromatic carbocycles. The van der Waals surface area contributed by atoms with E-state index < -0.39 is 6.09 Å². The quantitative estimate of drug-likeness (QED) is 0.448. The minimum Gasteiger partial charge on any atom is -0.473 e. The van der Waals surface area contributed by atoms with Gasteiger partial charge in [0.05, 0.1) is 42.9 Å². The van der Waals surface area contributed by atoms with Crippen molar-refractivity contribution in [3.63, 3.8) is 0 Å². The van der Waals surface area contributed by atoms with Crippen molar-refractivity contribution >= 4 is 12.1 Å². The molecule has 2 unspecified atom stereocenters. The third kappa shape index (κ3) is 6.18. The molecule has 0 spiro atoms. The Bertz CT molecular complexity index is 1200. The highest BCUT2D eigenvalue weighted by atomic mass is 16.5. The molecule has 1 fully saturated rings. The average Bonchev–Trinajstić information content (AvgIpc) is 3.50. The fraction of sp³-hybridized carbons (Fsp3) is 0.423. The molecular weight excluding hydrogens is 462 g/mol. The molecule has 2 atom stereocenters. The number of ether oxygens (including phenoxy) is 3. The Morgan fingerprint density at radius 1 is 1.14 bits per heavy atom. The maximum Gasteiger partial charge on any atom is 0.407 e. The molecule has 3 aromatic rings. The molecular formula is C26H31N5O5. The lowest BCUT2D eigenvalue weighted by molar-refractivity contribution is -0.147. The zero-order valence-corrected chi connectivity index (χ0v) is 20.8. The van der Waals surface area contributed by atoms with Crippen LogP contribution in [0.25, 0.3) is 11.3 Å². The van der Waals surface area contributed by atoms with Crippen LogP contribution in [0.2, 0.25) is 0 Å². The van der Waals surface area contributed by atoms with E-state index in [1.807, 2.05) is 44.2 Å². The summed E-state index contributed by atoms with van der Waals surface area (Å²) in [5.41, 5.74) is 3.69. The van der Waals surface area contributed by atoms with Crippen LogP contribution in [0.3, 0.4) is 0 Å². The van der Waals surface area contributed by atoms with Crippen molar-refractivity contribution < 1.29 is 23.8 Å². The first-order chi connectivity index (χ1) is 17.4. The molecule has 1 aliphatic rings. The van der Waals surface area contributed by atoms with Gasteiger partial charge in [-0.1, -0.05) is 30.3 Å². The molecule has 36 heavy (non-hydrogen) atoms. The highest BCUT2D eigenvalue weighted by Gasteiger charge is 2.32. The van der Waals surface area contributed by atoms with Crippen LogP contribution in [-0.4, -0.2) is 44.5 Å². The van der Waals surface area contributed by atoms with Gasteiger partial charge in [0.2, 0.25) is 5.88 Å². The number of esters is 1. The van der Waals surface area contributed by atoms with Crippen molar-refractivity contribution in [1.82, 2.24) is 25.1 Å². The number of nitrogens with one attached hydrogen (secondary N) is 1. The monoisotopic (exact) mass is 493 g/mol.